The summed E-state index contributed by atoms with van der Waals surface area (Å²) in [6.45, 7) is 11.5. The molecule has 1 saturated heterocycles. The molecule has 4 N–H and O–H groups in total. The molecule has 0 bridgehead atoms. The Morgan fingerprint density at radius 2 is 1.76 bits per heavy atom. The number of piperazine rings is 1. The molecular weight excluding hydrogens is 466 g/mol. The lowest BCUT2D eigenvalue weighted by Crippen LogP contribution is -2.45. The number of hydrogen-bond acceptors (Lipinski definition) is 8. The number of hydrogen-bond donors (Lipinski definition) is 3. The van der Waals surface area contributed by atoms with Crippen molar-refractivity contribution in [1.29, 1.82) is 0 Å². The van der Waals surface area contributed by atoms with E-state index in [1.807, 2.05) is 0 Å². The van der Waals surface area contributed by atoms with Crippen molar-refractivity contribution in [2.75, 3.05) is 49.2 Å². The van der Waals surface area contributed by atoms with E-state index in [-0.39, 0.29) is 23.0 Å². The summed E-state index contributed by atoms with van der Waals surface area (Å²) < 4.78 is 0. The zero-order valence-electron chi connectivity index (χ0n) is 22.0. The van der Waals surface area contributed by atoms with E-state index >= 15 is 0 Å². The first kappa shape index (κ1) is 26.1. The number of carbonyl (C=O) groups is 1. The van der Waals surface area contributed by atoms with Crippen LogP contribution < -0.4 is 16.0 Å². The second-order valence-electron chi connectivity index (χ2n) is 9.93. The van der Waals surface area contributed by atoms with Crippen molar-refractivity contribution in [3.8, 4) is 23.0 Å². The van der Waals surface area contributed by atoms with Gasteiger partial charge in [0.2, 0.25) is 5.82 Å². The molecule has 0 saturated carbocycles. The van der Waals surface area contributed by atoms with Gasteiger partial charge in [-0.05, 0) is 81.6 Å². The third-order valence-corrected chi connectivity index (χ3v) is 6.18. The summed E-state index contributed by atoms with van der Waals surface area (Å²) in [6.07, 6.45) is 3.17. The normalized spacial score (nSPS) is 14.2. The van der Waals surface area contributed by atoms with Crippen molar-refractivity contribution in [2.45, 2.75) is 33.3 Å². The molecule has 1 aliphatic rings. The van der Waals surface area contributed by atoms with Gasteiger partial charge in [-0.2, -0.15) is 0 Å². The Hall–Kier alpha value is -4.00. The third-order valence-electron chi connectivity index (χ3n) is 6.18. The maximum Gasteiger partial charge on any atom is 0.260 e. The van der Waals surface area contributed by atoms with Crippen LogP contribution in [0.2, 0.25) is 0 Å². The number of aliphatic hydroxyl groups is 1. The van der Waals surface area contributed by atoms with Crippen molar-refractivity contribution < 1.29 is 9.90 Å². The number of carbonyl (C=O) groups excluding carboxylic acids is 1. The van der Waals surface area contributed by atoms with Gasteiger partial charge in [0.15, 0.2) is 0 Å². The van der Waals surface area contributed by atoms with Crippen molar-refractivity contribution in [3.63, 3.8) is 0 Å². The SMILES string of the molecule is Cc1cc(-c2cnc(N)c(C(=O)Nc3ccnc(C#CC(C)(C)O)n3)c2)cc(C)c1N1CCN(C)CC1. The molecule has 0 radical (unpaired) electrons. The predicted molar refractivity (Wildman–Crippen MR) is 146 cm³/mol. The number of nitrogens with two attached hydrogens (primary N) is 1. The highest BCUT2D eigenvalue weighted by Gasteiger charge is 2.19. The number of pyridine rings is 1. The highest BCUT2D eigenvalue weighted by atomic mass is 16.3. The fourth-order valence-electron chi connectivity index (χ4n) is 4.35. The summed E-state index contributed by atoms with van der Waals surface area (Å²) in [6, 6.07) is 7.57. The second-order valence-corrected chi connectivity index (χ2v) is 9.93. The number of anilines is 3. The van der Waals surface area contributed by atoms with E-state index in [0.29, 0.717) is 0 Å². The number of aryl methyl sites for hydroxylation is 2. The molecule has 3 aromatic rings. The summed E-state index contributed by atoms with van der Waals surface area (Å²) in [5.74, 6) is 5.50. The Labute approximate surface area is 217 Å². The molecule has 9 nitrogen and oxygen atoms in total. The minimum absolute atomic E-state index is 0.125. The van der Waals surface area contributed by atoms with Gasteiger partial charge >= 0.3 is 0 Å². The zero-order valence-corrected chi connectivity index (χ0v) is 22.0. The highest BCUT2D eigenvalue weighted by molar-refractivity contribution is 6.07. The first-order valence-electron chi connectivity index (χ1n) is 12.2. The van der Waals surface area contributed by atoms with Gasteiger partial charge in [0.05, 0.1) is 5.56 Å². The van der Waals surface area contributed by atoms with Crippen LogP contribution in [-0.2, 0) is 0 Å². The Morgan fingerprint density at radius 3 is 2.41 bits per heavy atom. The number of amides is 1. The van der Waals surface area contributed by atoms with E-state index in [4.69, 9.17) is 5.73 Å². The van der Waals surface area contributed by atoms with E-state index in [1.54, 1.807) is 32.2 Å². The summed E-state index contributed by atoms with van der Waals surface area (Å²) in [7, 11) is 2.15. The molecule has 1 aromatic carbocycles. The van der Waals surface area contributed by atoms with Gasteiger partial charge in [0.25, 0.3) is 5.91 Å². The van der Waals surface area contributed by atoms with Crippen LogP contribution in [0.4, 0.5) is 17.3 Å². The van der Waals surface area contributed by atoms with Crippen LogP contribution in [0.1, 0.15) is 41.2 Å². The van der Waals surface area contributed by atoms with Gasteiger partial charge in [0.1, 0.15) is 17.2 Å². The van der Waals surface area contributed by atoms with Crippen LogP contribution >= 0.6 is 0 Å². The maximum absolute atomic E-state index is 13.1. The van der Waals surface area contributed by atoms with E-state index in [1.165, 1.54) is 23.0 Å². The molecule has 3 heterocycles. The van der Waals surface area contributed by atoms with Crippen LogP contribution in [-0.4, -0.2) is 69.7 Å². The van der Waals surface area contributed by atoms with E-state index in [2.05, 4.69) is 74.9 Å². The Balaban J connectivity index is 1.58. The standard InChI is InChI=1S/C28H33N7O2/c1-18-14-20(15-19(2)25(18)35-12-10-34(5)11-13-35)21-16-22(26(29)31-17-21)27(36)33-24-7-9-30-23(32-24)6-8-28(3,4)37/h7,9,14-17,37H,10-13H2,1-5H3,(H2,29,31)(H,30,32,33,36). The topological polar surface area (TPSA) is 120 Å². The minimum Gasteiger partial charge on any atom is -0.383 e. The molecule has 0 spiro atoms. The summed E-state index contributed by atoms with van der Waals surface area (Å²) in [4.78, 5) is 30.5. The molecule has 1 amide bonds. The summed E-state index contributed by atoms with van der Waals surface area (Å²) in [5.41, 5.74) is 10.6. The lowest BCUT2D eigenvalue weighted by atomic mass is 9.97. The average Bonchev–Trinajstić information content (AvgIpc) is 2.83. The Kier molecular flexibility index (Phi) is 7.43. The van der Waals surface area contributed by atoms with E-state index in [9.17, 15) is 9.90 Å². The van der Waals surface area contributed by atoms with Crippen molar-refractivity contribution >= 4 is 23.2 Å². The van der Waals surface area contributed by atoms with E-state index in [0.717, 1.165) is 37.3 Å². The number of rotatable bonds is 4. The molecule has 1 fully saturated rings. The second kappa shape index (κ2) is 10.5. The molecule has 1 aliphatic heterocycles. The van der Waals surface area contributed by atoms with Crippen LogP contribution in [0, 0.1) is 25.7 Å². The number of likely N-dealkylation sites (N-methyl/N-ethyl adjacent to an activating group) is 1. The largest absolute Gasteiger partial charge is 0.383 e. The number of nitrogens with zero attached hydrogens (tertiary/aromatic N) is 5. The van der Waals surface area contributed by atoms with Gasteiger partial charge in [-0.15, -0.1) is 0 Å². The van der Waals surface area contributed by atoms with Crippen LogP contribution in [0.5, 0.6) is 0 Å². The molecule has 9 heteroatoms. The zero-order chi connectivity index (χ0) is 26.7. The fraction of sp³-hybridized carbons (Fsp3) is 0.357. The van der Waals surface area contributed by atoms with Crippen molar-refractivity contribution in [3.05, 3.63) is 59.2 Å². The number of aromatic nitrogens is 3. The van der Waals surface area contributed by atoms with Gasteiger partial charge in [-0.25, -0.2) is 15.0 Å². The molecule has 192 valence electrons. The lowest BCUT2D eigenvalue weighted by Gasteiger charge is -2.36. The molecular formula is C28H33N7O2. The minimum atomic E-state index is -1.18. The monoisotopic (exact) mass is 499 g/mol. The first-order valence-corrected chi connectivity index (χ1v) is 12.2. The lowest BCUT2D eigenvalue weighted by molar-refractivity contribution is 0.102. The van der Waals surface area contributed by atoms with Gasteiger partial charge < -0.3 is 26.0 Å². The van der Waals surface area contributed by atoms with Gasteiger partial charge in [-0.1, -0.05) is 5.92 Å². The molecule has 37 heavy (non-hydrogen) atoms. The predicted octanol–water partition coefficient (Wildman–Crippen LogP) is 2.86. The molecule has 0 atom stereocenters. The third kappa shape index (κ3) is 6.42. The fourth-order valence-corrected chi connectivity index (χ4v) is 4.35. The summed E-state index contributed by atoms with van der Waals surface area (Å²) >= 11 is 0. The van der Waals surface area contributed by atoms with Crippen LogP contribution in [0.25, 0.3) is 11.1 Å². The Morgan fingerprint density at radius 1 is 1.08 bits per heavy atom. The average molecular weight is 500 g/mol. The molecule has 0 unspecified atom stereocenters. The molecule has 4 rings (SSSR count). The number of benzene rings is 1. The van der Waals surface area contributed by atoms with Gasteiger partial charge in [-0.3, -0.25) is 4.79 Å². The van der Waals surface area contributed by atoms with Crippen LogP contribution in [0.3, 0.4) is 0 Å². The number of nitrogen functional groups attached to an aromatic ring is 1. The van der Waals surface area contributed by atoms with Gasteiger partial charge in [0, 0.05) is 49.8 Å². The Bertz CT molecular complexity index is 1350. The molecule has 2 aromatic heterocycles. The summed E-state index contributed by atoms with van der Waals surface area (Å²) in [5, 5.41) is 12.5. The van der Waals surface area contributed by atoms with Crippen molar-refractivity contribution in [2.24, 2.45) is 0 Å². The smallest absolute Gasteiger partial charge is 0.260 e. The highest BCUT2D eigenvalue weighted by Crippen LogP contribution is 2.32. The van der Waals surface area contributed by atoms with Crippen molar-refractivity contribution in [1.82, 2.24) is 19.9 Å². The van der Waals surface area contributed by atoms with E-state index < -0.39 is 11.5 Å². The molecule has 0 aliphatic carbocycles. The quantitative estimate of drug-likeness (QED) is 0.469. The number of nitrogens with one attached hydrogen (secondary N) is 1. The first-order chi connectivity index (χ1) is 17.5. The van der Waals surface area contributed by atoms with Crippen LogP contribution in [0.15, 0.2) is 36.7 Å². The maximum atomic E-state index is 13.1.